The van der Waals surface area contributed by atoms with Gasteiger partial charge >= 0.3 is 0 Å². The number of benzene rings is 4. The van der Waals surface area contributed by atoms with Crippen molar-refractivity contribution in [3.05, 3.63) is 76.8 Å². The standard InChI is InChI=1S/C20H12Cl2O/c21-18-16-10-4-3-9-15(16)17(20(23)19(18)22)14-11-5-7-12-6-1-2-8-13(12)14/h1-11,23H. The number of phenolic OH excluding ortho intramolecular Hbond substituents is 1. The summed E-state index contributed by atoms with van der Waals surface area (Å²) in [5, 5.41) is 15.1. The molecule has 0 fully saturated rings. The Morgan fingerprint density at radius 3 is 2.00 bits per heavy atom. The molecule has 112 valence electrons. The molecule has 0 heterocycles. The predicted molar refractivity (Wildman–Crippen MR) is 98.6 cm³/mol. The van der Waals surface area contributed by atoms with E-state index in [1.54, 1.807) is 0 Å². The van der Waals surface area contributed by atoms with E-state index in [-0.39, 0.29) is 10.8 Å². The number of hydrogen-bond donors (Lipinski definition) is 1. The van der Waals surface area contributed by atoms with Crippen LogP contribution < -0.4 is 0 Å². The highest BCUT2D eigenvalue weighted by molar-refractivity contribution is 6.47. The summed E-state index contributed by atoms with van der Waals surface area (Å²) >= 11 is 12.6. The van der Waals surface area contributed by atoms with Crippen molar-refractivity contribution in [3.8, 4) is 16.9 Å². The van der Waals surface area contributed by atoms with Crippen LogP contribution in [0.1, 0.15) is 0 Å². The molecule has 3 heteroatoms. The molecule has 0 aliphatic rings. The molecule has 0 saturated heterocycles. The first-order chi connectivity index (χ1) is 11.2. The van der Waals surface area contributed by atoms with Gasteiger partial charge in [-0.15, -0.1) is 0 Å². The normalized spacial score (nSPS) is 11.2. The molecule has 1 nitrogen and oxygen atoms in total. The van der Waals surface area contributed by atoms with E-state index in [1.165, 1.54) is 0 Å². The monoisotopic (exact) mass is 338 g/mol. The summed E-state index contributed by atoms with van der Waals surface area (Å²) in [4.78, 5) is 0. The second-order valence-electron chi connectivity index (χ2n) is 5.42. The molecule has 0 spiro atoms. The molecule has 0 atom stereocenters. The van der Waals surface area contributed by atoms with E-state index < -0.39 is 0 Å². The second-order valence-corrected chi connectivity index (χ2v) is 6.18. The summed E-state index contributed by atoms with van der Waals surface area (Å²) in [6, 6.07) is 21.8. The van der Waals surface area contributed by atoms with E-state index in [1.807, 2.05) is 54.6 Å². The largest absolute Gasteiger partial charge is 0.506 e. The van der Waals surface area contributed by atoms with Crippen LogP contribution in [-0.2, 0) is 0 Å². The van der Waals surface area contributed by atoms with Crippen LogP contribution in [0.3, 0.4) is 0 Å². The van der Waals surface area contributed by atoms with Gasteiger partial charge in [-0.05, 0) is 21.7 Å². The van der Waals surface area contributed by atoms with Crippen LogP contribution in [0.4, 0.5) is 0 Å². The smallest absolute Gasteiger partial charge is 0.144 e. The highest BCUT2D eigenvalue weighted by Crippen LogP contribution is 2.47. The minimum Gasteiger partial charge on any atom is -0.506 e. The third-order valence-electron chi connectivity index (χ3n) is 4.13. The molecule has 0 bridgehead atoms. The maximum absolute atomic E-state index is 10.7. The summed E-state index contributed by atoms with van der Waals surface area (Å²) in [6.07, 6.45) is 0. The Labute approximate surface area is 143 Å². The van der Waals surface area contributed by atoms with Gasteiger partial charge in [0.25, 0.3) is 0 Å². The Bertz CT molecular complexity index is 1050. The zero-order valence-electron chi connectivity index (χ0n) is 12.1. The van der Waals surface area contributed by atoms with Gasteiger partial charge in [-0.25, -0.2) is 0 Å². The summed E-state index contributed by atoms with van der Waals surface area (Å²) in [6.45, 7) is 0. The molecule has 0 aliphatic heterocycles. The van der Waals surface area contributed by atoms with Crippen LogP contribution in [0, 0.1) is 0 Å². The molecule has 4 aromatic carbocycles. The van der Waals surface area contributed by atoms with Gasteiger partial charge in [0, 0.05) is 10.9 Å². The first-order valence-corrected chi connectivity index (χ1v) is 8.01. The fraction of sp³-hybridized carbons (Fsp3) is 0. The Morgan fingerprint density at radius 1 is 0.609 bits per heavy atom. The van der Waals surface area contributed by atoms with Crippen molar-refractivity contribution in [2.45, 2.75) is 0 Å². The van der Waals surface area contributed by atoms with Crippen molar-refractivity contribution >= 4 is 44.7 Å². The predicted octanol–water partition coefficient (Wildman–Crippen LogP) is 6.67. The molecule has 23 heavy (non-hydrogen) atoms. The lowest BCUT2D eigenvalue weighted by Gasteiger charge is -2.15. The summed E-state index contributed by atoms with van der Waals surface area (Å²) in [5.41, 5.74) is 1.65. The van der Waals surface area contributed by atoms with Gasteiger partial charge in [0.1, 0.15) is 10.8 Å². The molecule has 0 aliphatic carbocycles. The van der Waals surface area contributed by atoms with Crippen LogP contribution in [0.25, 0.3) is 32.7 Å². The van der Waals surface area contributed by atoms with Gasteiger partial charge in [-0.3, -0.25) is 0 Å². The number of fused-ring (bicyclic) bond motifs is 2. The summed E-state index contributed by atoms with van der Waals surface area (Å²) in [5.74, 6) is 0.0201. The maximum Gasteiger partial charge on any atom is 0.144 e. The Hall–Kier alpha value is -2.22. The molecule has 0 radical (unpaired) electrons. The summed E-state index contributed by atoms with van der Waals surface area (Å²) in [7, 11) is 0. The number of aromatic hydroxyl groups is 1. The first-order valence-electron chi connectivity index (χ1n) is 7.25. The van der Waals surface area contributed by atoms with Gasteiger partial charge in [-0.2, -0.15) is 0 Å². The second kappa shape index (κ2) is 5.45. The van der Waals surface area contributed by atoms with E-state index >= 15 is 0 Å². The maximum atomic E-state index is 10.7. The van der Waals surface area contributed by atoms with E-state index in [0.717, 1.165) is 27.1 Å². The first kappa shape index (κ1) is 14.4. The van der Waals surface area contributed by atoms with Crippen molar-refractivity contribution in [3.63, 3.8) is 0 Å². The fourth-order valence-electron chi connectivity index (χ4n) is 3.07. The lowest BCUT2D eigenvalue weighted by atomic mass is 9.93. The van der Waals surface area contributed by atoms with E-state index in [0.29, 0.717) is 10.6 Å². The average Bonchev–Trinajstić information content (AvgIpc) is 2.60. The van der Waals surface area contributed by atoms with Crippen LogP contribution in [0.5, 0.6) is 5.75 Å². The Balaban J connectivity index is 2.21. The van der Waals surface area contributed by atoms with Crippen LogP contribution in [-0.4, -0.2) is 5.11 Å². The van der Waals surface area contributed by atoms with Crippen molar-refractivity contribution in [1.29, 1.82) is 0 Å². The fourth-order valence-corrected chi connectivity index (χ4v) is 3.52. The van der Waals surface area contributed by atoms with Crippen LogP contribution in [0.2, 0.25) is 10.0 Å². The Kier molecular flexibility index (Phi) is 3.41. The molecular weight excluding hydrogens is 327 g/mol. The van der Waals surface area contributed by atoms with E-state index in [9.17, 15) is 5.11 Å². The van der Waals surface area contributed by atoms with Crippen molar-refractivity contribution in [1.82, 2.24) is 0 Å². The van der Waals surface area contributed by atoms with Gasteiger partial charge in [0.05, 0.1) is 5.02 Å². The number of phenols is 1. The molecule has 0 aromatic heterocycles. The lowest BCUT2D eigenvalue weighted by molar-refractivity contribution is 0.478. The van der Waals surface area contributed by atoms with Crippen molar-refractivity contribution < 1.29 is 5.11 Å². The molecule has 0 amide bonds. The van der Waals surface area contributed by atoms with E-state index in [4.69, 9.17) is 23.2 Å². The average molecular weight is 339 g/mol. The number of rotatable bonds is 1. The molecule has 0 saturated carbocycles. The Morgan fingerprint density at radius 2 is 1.22 bits per heavy atom. The zero-order valence-corrected chi connectivity index (χ0v) is 13.6. The van der Waals surface area contributed by atoms with E-state index in [2.05, 4.69) is 12.1 Å². The number of halogens is 2. The number of hydrogen-bond acceptors (Lipinski definition) is 1. The topological polar surface area (TPSA) is 20.2 Å². The quantitative estimate of drug-likeness (QED) is 0.410. The molecule has 4 rings (SSSR count). The van der Waals surface area contributed by atoms with Gasteiger partial charge in [0.2, 0.25) is 0 Å². The molecular formula is C20H12Cl2O. The SMILES string of the molecule is Oc1c(Cl)c(Cl)c2ccccc2c1-c1cccc2ccccc12. The molecule has 0 unspecified atom stereocenters. The third kappa shape index (κ3) is 2.16. The minimum atomic E-state index is 0.0201. The highest BCUT2D eigenvalue weighted by Gasteiger charge is 2.19. The van der Waals surface area contributed by atoms with Crippen molar-refractivity contribution in [2.24, 2.45) is 0 Å². The molecule has 1 N–H and O–H groups in total. The molecule has 4 aromatic rings. The van der Waals surface area contributed by atoms with Crippen LogP contribution >= 0.6 is 23.2 Å². The van der Waals surface area contributed by atoms with Crippen molar-refractivity contribution in [2.75, 3.05) is 0 Å². The highest BCUT2D eigenvalue weighted by atomic mass is 35.5. The van der Waals surface area contributed by atoms with Gasteiger partial charge in [0.15, 0.2) is 0 Å². The lowest BCUT2D eigenvalue weighted by Crippen LogP contribution is -1.87. The van der Waals surface area contributed by atoms with Gasteiger partial charge in [-0.1, -0.05) is 89.9 Å². The minimum absolute atomic E-state index is 0.0201. The van der Waals surface area contributed by atoms with Crippen LogP contribution in [0.15, 0.2) is 66.7 Å². The van der Waals surface area contributed by atoms with Gasteiger partial charge < -0.3 is 5.11 Å². The zero-order chi connectivity index (χ0) is 16.0. The summed E-state index contributed by atoms with van der Waals surface area (Å²) < 4.78 is 0. The third-order valence-corrected chi connectivity index (χ3v) is 4.99.